The number of aryl methyl sites for hydroxylation is 1. The van der Waals surface area contributed by atoms with Crippen molar-refractivity contribution in [1.82, 2.24) is 9.78 Å². The number of hydrogen-bond donors (Lipinski definition) is 1. The Morgan fingerprint density at radius 3 is 3.00 bits per heavy atom. The monoisotopic (exact) mass is 238 g/mol. The lowest BCUT2D eigenvalue weighted by Crippen LogP contribution is -2.24. The van der Waals surface area contributed by atoms with E-state index in [4.69, 9.17) is 4.99 Å². The average Bonchev–Trinajstić information content (AvgIpc) is 2.64. The number of aliphatic imine (C=N–C) groups is 1. The zero-order valence-electron chi connectivity index (χ0n) is 9.97. The molecule has 5 heteroatoms. The maximum Gasteiger partial charge on any atom is 0.162 e. The number of amidine groups is 1. The van der Waals surface area contributed by atoms with Crippen molar-refractivity contribution in [2.24, 2.45) is 18.0 Å². The molecule has 0 bridgehead atoms. The highest BCUT2D eigenvalue weighted by atomic mass is 32.2. The first-order valence-corrected chi connectivity index (χ1v) is 6.61. The van der Waals surface area contributed by atoms with Gasteiger partial charge < -0.3 is 5.32 Å². The second-order valence-electron chi connectivity index (χ2n) is 4.38. The van der Waals surface area contributed by atoms with Crippen molar-refractivity contribution in [3.63, 3.8) is 0 Å². The average molecular weight is 238 g/mol. The smallest absolute Gasteiger partial charge is 0.162 e. The summed E-state index contributed by atoms with van der Waals surface area (Å²) in [6.07, 6.45) is 3.10. The third-order valence-electron chi connectivity index (χ3n) is 2.65. The molecule has 88 valence electrons. The summed E-state index contributed by atoms with van der Waals surface area (Å²) in [6, 6.07) is 2.41. The van der Waals surface area contributed by atoms with Crippen LogP contribution in [0.3, 0.4) is 0 Å². The quantitative estimate of drug-likeness (QED) is 0.860. The first kappa shape index (κ1) is 11.5. The van der Waals surface area contributed by atoms with Gasteiger partial charge >= 0.3 is 0 Å². The molecule has 1 aromatic heterocycles. The number of thioether (sulfide) groups is 1. The Balaban J connectivity index is 2.04. The van der Waals surface area contributed by atoms with E-state index in [0.717, 1.165) is 16.7 Å². The summed E-state index contributed by atoms with van der Waals surface area (Å²) in [5, 5.41) is 8.56. The Morgan fingerprint density at radius 1 is 1.56 bits per heavy atom. The first-order chi connectivity index (χ1) is 7.65. The molecule has 0 radical (unpaired) electrons. The van der Waals surface area contributed by atoms with E-state index in [9.17, 15) is 0 Å². The standard InChI is InChI=1S/C11H18N4S/c1-8(2)9-5-7-16-11(12-9)13-10-4-6-15(3)14-10/h4,6,8-9H,5,7H2,1-3H3,(H,12,13,14). The number of nitrogens with one attached hydrogen (secondary N) is 1. The van der Waals surface area contributed by atoms with Crippen LogP contribution in [0.4, 0.5) is 5.82 Å². The van der Waals surface area contributed by atoms with E-state index in [-0.39, 0.29) is 0 Å². The Labute approximate surface area is 101 Å². The number of nitrogens with zero attached hydrogens (tertiary/aromatic N) is 3. The second-order valence-corrected chi connectivity index (χ2v) is 5.47. The molecule has 16 heavy (non-hydrogen) atoms. The lowest BCUT2D eigenvalue weighted by Gasteiger charge is -2.22. The maximum atomic E-state index is 4.71. The molecule has 0 saturated carbocycles. The lowest BCUT2D eigenvalue weighted by atomic mass is 10.0. The maximum absolute atomic E-state index is 4.71. The molecule has 1 atom stereocenters. The molecule has 0 fully saturated rings. The third-order valence-corrected chi connectivity index (χ3v) is 3.57. The summed E-state index contributed by atoms with van der Waals surface area (Å²) in [5.41, 5.74) is 0. The number of aromatic nitrogens is 2. The molecule has 1 aliphatic rings. The van der Waals surface area contributed by atoms with Crippen molar-refractivity contribution < 1.29 is 0 Å². The fourth-order valence-electron chi connectivity index (χ4n) is 1.67. The molecule has 0 aliphatic carbocycles. The predicted octanol–water partition coefficient (Wildman–Crippen LogP) is 2.35. The third kappa shape index (κ3) is 2.78. The molecule has 1 aromatic rings. The molecule has 2 heterocycles. The molecular formula is C11H18N4S. The van der Waals surface area contributed by atoms with Crippen LogP contribution in [-0.4, -0.2) is 26.7 Å². The molecule has 0 saturated heterocycles. The van der Waals surface area contributed by atoms with Crippen LogP contribution in [0.1, 0.15) is 20.3 Å². The second kappa shape index (κ2) is 4.91. The SMILES string of the molecule is CC(C)C1CCSC(Nc2ccn(C)n2)=N1. The summed E-state index contributed by atoms with van der Waals surface area (Å²) >= 11 is 1.78. The van der Waals surface area contributed by atoms with Gasteiger partial charge in [-0.3, -0.25) is 9.67 Å². The first-order valence-electron chi connectivity index (χ1n) is 5.62. The highest BCUT2D eigenvalue weighted by Crippen LogP contribution is 2.23. The molecule has 1 N–H and O–H groups in total. The van der Waals surface area contributed by atoms with Crippen molar-refractivity contribution in [2.45, 2.75) is 26.3 Å². The zero-order valence-corrected chi connectivity index (χ0v) is 10.8. The molecule has 1 aliphatic heterocycles. The predicted molar refractivity (Wildman–Crippen MR) is 70.0 cm³/mol. The van der Waals surface area contributed by atoms with Gasteiger partial charge in [0.25, 0.3) is 0 Å². The van der Waals surface area contributed by atoms with Gasteiger partial charge in [0.15, 0.2) is 11.0 Å². The van der Waals surface area contributed by atoms with Crippen LogP contribution in [0.15, 0.2) is 17.3 Å². The van der Waals surface area contributed by atoms with Gasteiger partial charge in [-0.1, -0.05) is 25.6 Å². The normalized spacial score (nSPS) is 21.0. The van der Waals surface area contributed by atoms with Crippen molar-refractivity contribution in [3.8, 4) is 0 Å². The van der Waals surface area contributed by atoms with Crippen molar-refractivity contribution in [2.75, 3.05) is 11.1 Å². The summed E-state index contributed by atoms with van der Waals surface area (Å²) in [6.45, 7) is 4.45. The topological polar surface area (TPSA) is 42.2 Å². The minimum absolute atomic E-state index is 0.451. The van der Waals surface area contributed by atoms with Crippen LogP contribution in [0.25, 0.3) is 0 Å². The van der Waals surface area contributed by atoms with E-state index in [1.807, 2.05) is 19.3 Å². The fourth-order valence-corrected chi connectivity index (χ4v) is 2.61. The van der Waals surface area contributed by atoms with E-state index >= 15 is 0 Å². The Bertz CT molecular complexity index is 383. The highest BCUT2D eigenvalue weighted by Gasteiger charge is 2.18. The molecule has 0 amide bonds. The van der Waals surface area contributed by atoms with E-state index in [1.165, 1.54) is 6.42 Å². The van der Waals surface area contributed by atoms with Crippen LogP contribution in [0.2, 0.25) is 0 Å². The van der Waals surface area contributed by atoms with E-state index < -0.39 is 0 Å². The minimum atomic E-state index is 0.451. The lowest BCUT2D eigenvalue weighted by molar-refractivity contribution is 0.485. The van der Waals surface area contributed by atoms with Gasteiger partial charge in [0.05, 0.1) is 6.04 Å². The minimum Gasteiger partial charge on any atom is -0.318 e. The van der Waals surface area contributed by atoms with E-state index in [0.29, 0.717) is 12.0 Å². The summed E-state index contributed by atoms with van der Waals surface area (Å²) in [4.78, 5) is 4.71. The van der Waals surface area contributed by atoms with Crippen molar-refractivity contribution in [1.29, 1.82) is 0 Å². The Morgan fingerprint density at radius 2 is 2.38 bits per heavy atom. The van der Waals surface area contributed by atoms with Crippen LogP contribution < -0.4 is 5.32 Å². The molecular weight excluding hydrogens is 220 g/mol. The van der Waals surface area contributed by atoms with Crippen molar-refractivity contribution in [3.05, 3.63) is 12.3 Å². The molecule has 0 aromatic carbocycles. The van der Waals surface area contributed by atoms with Gasteiger partial charge in [-0.15, -0.1) is 0 Å². The van der Waals surface area contributed by atoms with Gasteiger partial charge in [-0.05, 0) is 12.3 Å². The fraction of sp³-hybridized carbons (Fsp3) is 0.636. The summed E-state index contributed by atoms with van der Waals surface area (Å²) in [5.74, 6) is 2.63. The van der Waals surface area contributed by atoms with Crippen LogP contribution in [0.5, 0.6) is 0 Å². The summed E-state index contributed by atoms with van der Waals surface area (Å²) < 4.78 is 1.79. The van der Waals surface area contributed by atoms with Gasteiger partial charge in [0.1, 0.15) is 0 Å². The van der Waals surface area contributed by atoms with Gasteiger partial charge in [-0.25, -0.2) is 0 Å². The van der Waals surface area contributed by atoms with Gasteiger partial charge in [0.2, 0.25) is 0 Å². The van der Waals surface area contributed by atoms with E-state index in [2.05, 4.69) is 24.3 Å². The number of hydrogen-bond acceptors (Lipinski definition) is 4. The molecule has 2 rings (SSSR count). The molecule has 4 nitrogen and oxygen atoms in total. The Kier molecular flexibility index (Phi) is 3.53. The van der Waals surface area contributed by atoms with E-state index in [1.54, 1.807) is 16.4 Å². The Hall–Kier alpha value is -0.970. The van der Waals surface area contributed by atoms with Gasteiger partial charge in [-0.2, -0.15) is 5.10 Å². The van der Waals surface area contributed by atoms with Crippen LogP contribution in [0, 0.1) is 5.92 Å². The van der Waals surface area contributed by atoms with Crippen molar-refractivity contribution >= 4 is 22.7 Å². The zero-order chi connectivity index (χ0) is 11.5. The number of anilines is 1. The van der Waals surface area contributed by atoms with Crippen LogP contribution >= 0.6 is 11.8 Å². The molecule has 0 spiro atoms. The highest BCUT2D eigenvalue weighted by molar-refractivity contribution is 8.14. The largest absolute Gasteiger partial charge is 0.318 e. The van der Waals surface area contributed by atoms with Gasteiger partial charge in [0, 0.05) is 25.1 Å². The van der Waals surface area contributed by atoms with Crippen LogP contribution in [-0.2, 0) is 7.05 Å². The number of rotatable bonds is 2. The molecule has 1 unspecified atom stereocenters. The summed E-state index contributed by atoms with van der Waals surface area (Å²) in [7, 11) is 1.91.